The molecule has 1 saturated heterocycles. The highest BCUT2D eigenvalue weighted by molar-refractivity contribution is 5.23. The minimum atomic E-state index is -1.84. The van der Waals surface area contributed by atoms with Crippen LogP contribution < -0.4 is 11.4 Å². The van der Waals surface area contributed by atoms with Crippen LogP contribution in [0.4, 0.5) is 10.2 Å². The van der Waals surface area contributed by atoms with Crippen molar-refractivity contribution in [2.45, 2.75) is 50.8 Å². The number of hydrogen-bond donors (Lipinski definition) is 3. The predicted octanol–water partition coefficient (Wildman–Crippen LogP) is 0.221. The second kappa shape index (κ2) is 6.31. The number of aromatic nitrogens is 2. The molecule has 7 nitrogen and oxygen atoms in total. The van der Waals surface area contributed by atoms with Crippen molar-refractivity contribution >= 4 is 5.82 Å². The lowest BCUT2D eigenvalue weighted by Gasteiger charge is -2.30. The number of nitrogen functional groups attached to an aromatic ring is 1. The quantitative estimate of drug-likeness (QED) is 0.717. The Morgan fingerprint density at radius 1 is 1.59 bits per heavy atom. The Labute approximate surface area is 127 Å². The number of nitrogens with two attached hydrogens (primary N) is 1. The molecule has 0 saturated carbocycles. The Hall–Kier alpha value is -1.51. The summed E-state index contributed by atoms with van der Waals surface area (Å²) < 4.78 is 21.0. The van der Waals surface area contributed by atoms with E-state index >= 15 is 0 Å². The molecule has 0 unspecified atom stereocenters. The zero-order chi connectivity index (χ0) is 16.5. The third kappa shape index (κ3) is 2.99. The molecule has 4 atom stereocenters. The number of aliphatic hydroxyl groups is 2. The molecule has 22 heavy (non-hydrogen) atoms. The number of alkyl halides is 1. The van der Waals surface area contributed by atoms with Crippen LogP contribution in [0.25, 0.3) is 0 Å². The van der Waals surface area contributed by atoms with Gasteiger partial charge in [-0.3, -0.25) is 4.57 Å². The molecule has 0 radical (unpaired) electrons. The highest BCUT2D eigenvalue weighted by atomic mass is 19.1. The van der Waals surface area contributed by atoms with Gasteiger partial charge in [0, 0.05) is 6.20 Å². The molecular weight excluding hydrogens is 293 g/mol. The van der Waals surface area contributed by atoms with Gasteiger partial charge in [0.25, 0.3) is 0 Å². The standard InChI is InChI=1S/C14H22FN3O4/c1-8(2)3-5-14(7-19)11(20)10(15)12(22-14)18-6-4-9(16)17-13(18)21/h4,6,8,10-12,19-20H,3,5,7H2,1-2H3,(H2,16,17,21)/t10-,11+,12-,14-/m1/s1. The Bertz CT molecular complexity index is 579. The molecule has 1 aliphatic heterocycles. The summed E-state index contributed by atoms with van der Waals surface area (Å²) in [5.74, 6) is 0.320. The molecule has 2 rings (SSSR count). The smallest absolute Gasteiger partial charge is 0.351 e. The number of nitrogens with zero attached hydrogens (tertiary/aromatic N) is 2. The van der Waals surface area contributed by atoms with Gasteiger partial charge in [0.1, 0.15) is 17.5 Å². The van der Waals surface area contributed by atoms with Crippen molar-refractivity contribution in [3.8, 4) is 0 Å². The molecule has 0 aromatic carbocycles. The Kier molecular flexibility index (Phi) is 4.84. The average molecular weight is 315 g/mol. The van der Waals surface area contributed by atoms with E-state index in [1.807, 2.05) is 13.8 Å². The van der Waals surface area contributed by atoms with E-state index in [-0.39, 0.29) is 12.2 Å². The summed E-state index contributed by atoms with van der Waals surface area (Å²) in [4.78, 5) is 15.3. The number of aliphatic hydroxyl groups excluding tert-OH is 2. The molecule has 1 aromatic heterocycles. The predicted molar refractivity (Wildman–Crippen MR) is 77.8 cm³/mol. The zero-order valence-electron chi connectivity index (χ0n) is 12.6. The molecule has 1 aliphatic rings. The summed E-state index contributed by atoms with van der Waals surface area (Å²) in [6.45, 7) is 3.42. The maximum Gasteiger partial charge on any atom is 0.351 e. The lowest BCUT2D eigenvalue weighted by Crippen LogP contribution is -2.45. The highest BCUT2D eigenvalue weighted by Gasteiger charge is 2.55. The maximum absolute atomic E-state index is 14.4. The topological polar surface area (TPSA) is 111 Å². The Balaban J connectivity index is 2.30. The van der Waals surface area contributed by atoms with Gasteiger partial charge in [-0.15, -0.1) is 0 Å². The summed E-state index contributed by atoms with van der Waals surface area (Å²) in [5, 5.41) is 19.8. The van der Waals surface area contributed by atoms with Crippen LogP contribution in [-0.4, -0.2) is 44.2 Å². The molecule has 1 aromatic rings. The van der Waals surface area contributed by atoms with Gasteiger partial charge >= 0.3 is 5.69 Å². The summed E-state index contributed by atoms with van der Waals surface area (Å²) >= 11 is 0. The van der Waals surface area contributed by atoms with E-state index in [1.54, 1.807) is 0 Å². The molecule has 0 spiro atoms. The highest BCUT2D eigenvalue weighted by Crippen LogP contribution is 2.41. The van der Waals surface area contributed by atoms with Crippen LogP contribution >= 0.6 is 0 Å². The van der Waals surface area contributed by atoms with Crippen molar-refractivity contribution in [3.05, 3.63) is 22.7 Å². The van der Waals surface area contributed by atoms with E-state index in [4.69, 9.17) is 10.5 Å². The van der Waals surface area contributed by atoms with Crippen LogP contribution in [-0.2, 0) is 4.74 Å². The van der Waals surface area contributed by atoms with Crippen molar-refractivity contribution in [1.29, 1.82) is 0 Å². The second-order valence-corrected chi connectivity index (χ2v) is 6.10. The normalized spacial score (nSPS) is 31.8. The number of halogens is 1. The van der Waals surface area contributed by atoms with Crippen molar-refractivity contribution in [3.63, 3.8) is 0 Å². The zero-order valence-corrected chi connectivity index (χ0v) is 12.6. The van der Waals surface area contributed by atoms with E-state index < -0.39 is 36.4 Å². The minimum Gasteiger partial charge on any atom is -0.393 e. The van der Waals surface area contributed by atoms with Crippen molar-refractivity contribution < 1.29 is 19.3 Å². The first-order chi connectivity index (χ1) is 10.3. The van der Waals surface area contributed by atoms with Gasteiger partial charge in [0.15, 0.2) is 12.4 Å². The maximum atomic E-state index is 14.4. The van der Waals surface area contributed by atoms with Crippen LogP contribution in [0.2, 0.25) is 0 Å². The van der Waals surface area contributed by atoms with Crippen LogP contribution in [0, 0.1) is 5.92 Å². The fourth-order valence-electron chi connectivity index (χ4n) is 2.60. The fourth-order valence-corrected chi connectivity index (χ4v) is 2.60. The van der Waals surface area contributed by atoms with Crippen LogP contribution in [0.15, 0.2) is 17.1 Å². The van der Waals surface area contributed by atoms with Gasteiger partial charge in [-0.05, 0) is 24.8 Å². The molecule has 1 fully saturated rings. The van der Waals surface area contributed by atoms with Gasteiger partial charge in [-0.2, -0.15) is 4.98 Å². The third-order valence-corrected chi connectivity index (χ3v) is 4.01. The molecule has 124 valence electrons. The van der Waals surface area contributed by atoms with Crippen molar-refractivity contribution in [2.75, 3.05) is 12.3 Å². The molecule has 4 N–H and O–H groups in total. The Morgan fingerprint density at radius 2 is 2.27 bits per heavy atom. The summed E-state index contributed by atoms with van der Waals surface area (Å²) in [6.07, 6.45) is -2.50. The van der Waals surface area contributed by atoms with E-state index in [1.165, 1.54) is 12.3 Å². The van der Waals surface area contributed by atoms with E-state index in [0.717, 1.165) is 4.57 Å². The molecule has 0 bridgehead atoms. The van der Waals surface area contributed by atoms with Crippen LogP contribution in [0.3, 0.4) is 0 Å². The molecule has 0 aliphatic carbocycles. The number of anilines is 1. The largest absolute Gasteiger partial charge is 0.393 e. The number of ether oxygens (including phenoxy) is 1. The van der Waals surface area contributed by atoms with Crippen LogP contribution in [0.5, 0.6) is 0 Å². The summed E-state index contributed by atoms with van der Waals surface area (Å²) in [7, 11) is 0. The van der Waals surface area contributed by atoms with Crippen molar-refractivity contribution in [1.82, 2.24) is 9.55 Å². The molecule has 2 heterocycles. The first-order valence-electron chi connectivity index (χ1n) is 7.26. The SMILES string of the molecule is CC(C)CC[C@]1(CO)O[C@@H](n2ccc(N)nc2=O)[C@H](F)[C@@H]1O. The third-order valence-electron chi connectivity index (χ3n) is 4.01. The lowest BCUT2D eigenvalue weighted by atomic mass is 9.89. The monoisotopic (exact) mass is 315 g/mol. The van der Waals surface area contributed by atoms with E-state index in [9.17, 15) is 19.4 Å². The molecular formula is C14H22FN3O4. The minimum absolute atomic E-state index is 0.0171. The van der Waals surface area contributed by atoms with Crippen LogP contribution in [0.1, 0.15) is 32.9 Å². The summed E-state index contributed by atoms with van der Waals surface area (Å²) in [6, 6.07) is 1.34. The molecule has 8 heteroatoms. The summed E-state index contributed by atoms with van der Waals surface area (Å²) in [5.41, 5.74) is 3.21. The second-order valence-electron chi connectivity index (χ2n) is 6.10. The fraction of sp³-hybridized carbons (Fsp3) is 0.714. The van der Waals surface area contributed by atoms with Gasteiger partial charge in [0.2, 0.25) is 0 Å². The number of hydrogen-bond acceptors (Lipinski definition) is 6. The first kappa shape index (κ1) is 16.9. The Morgan fingerprint density at radius 3 is 2.82 bits per heavy atom. The lowest BCUT2D eigenvalue weighted by molar-refractivity contribution is -0.134. The number of rotatable bonds is 5. The van der Waals surface area contributed by atoms with Gasteiger partial charge in [-0.1, -0.05) is 13.8 Å². The average Bonchev–Trinajstić information content (AvgIpc) is 2.71. The van der Waals surface area contributed by atoms with E-state index in [2.05, 4.69) is 4.98 Å². The van der Waals surface area contributed by atoms with E-state index in [0.29, 0.717) is 12.3 Å². The van der Waals surface area contributed by atoms with Gasteiger partial charge in [0.05, 0.1) is 6.61 Å². The van der Waals surface area contributed by atoms with Gasteiger partial charge in [-0.25, -0.2) is 9.18 Å². The van der Waals surface area contributed by atoms with Crippen molar-refractivity contribution in [2.24, 2.45) is 5.92 Å². The first-order valence-corrected chi connectivity index (χ1v) is 7.26. The molecule has 0 amide bonds. The van der Waals surface area contributed by atoms with Gasteiger partial charge < -0.3 is 20.7 Å².